The van der Waals surface area contributed by atoms with Gasteiger partial charge in [-0.25, -0.2) is 9.78 Å². The summed E-state index contributed by atoms with van der Waals surface area (Å²) in [6.07, 6.45) is 0.889. The fourth-order valence-electron chi connectivity index (χ4n) is 4.96. The highest BCUT2D eigenvalue weighted by Gasteiger charge is 2.45. The van der Waals surface area contributed by atoms with E-state index in [2.05, 4.69) is 6.92 Å². The summed E-state index contributed by atoms with van der Waals surface area (Å²) in [5.41, 5.74) is 2.55. The first-order valence-electron chi connectivity index (χ1n) is 11.4. The standard InChI is InChI=1S/C26H28N2O5/c1-6-15-16-10-14(33-25(3,4)5)8-9-20(16)27-22-17(15)12-28-21(22)11-19-18(23(28)29)13-32-24(30)26(19,31)7-2/h8-11,31H,6-7,12-13H2,1-5H3/t26-/m0/s1. The Balaban J connectivity index is 1.74. The molecule has 2 aromatic heterocycles. The molecular weight excluding hydrogens is 420 g/mol. The van der Waals surface area contributed by atoms with E-state index in [1.54, 1.807) is 17.6 Å². The summed E-state index contributed by atoms with van der Waals surface area (Å²) in [7, 11) is 0. The summed E-state index contributed by atoms with van der Waals surface area (Å²) < 4.78 is 12.9. The lowest BCUT2D eigenvalue weighted by Crippen LogP contribution is -2.44. The molecule has 7 nitrogen and oxygen atoms in total. The molecular formula is C26H28N2O5. The molecule has 0 unspecified atom stereocenters. The number of cyclic esters (lactones) is 1. The van der Waals surface area contributed by atoms with E-state index in [1.807, 2.05) is 39.0 Å². The number of fused-ring (bicyclic) bond motifs is 5. The van der Waals surface area contributed by atoms with Gasteiger partial charge in [-0.1, -0.05) is 13.8 Å². The topological polar surface area (TPSA) is 90.6 Å². The Morgan fingerprint density at radius 1 is 1.18 bits per heavy atom. The molecule has 3 aromatic rings. The van der Waals surface area contributed by atoms with Gasteiger partial charge in [-0.05, 0) is 63.4 Å². The number of carbonyl (C=O) groups excluding carboxylic acids is 1. The molecule has 0 radical (unpaired) electrons. The molecule has 1 N–H and O–H groups in total. The predicted molar refractivity (Wildman–Crippen MR) is 124 cm³/mol. The van der Waals surface area contributed by atoms with Gasteiger partial charge >= 0.3 is 5.97 Å². The van der Waals surface area contributed by atoms with Crippen LogP contribution < -0.4 is 10.3 Å². The van der Waals surface area contributed by atoms with E-state index in [1.165, 1.54) is 0 Å². The highest BCUT2D eigenvalue weighted by molar-refractivity contribution is 5.90. The molecule has 7 heteroatoms. The number of aromatic nitrogens is 2. The molecule has 4 heterocycles. The molecule has 0 saturated carbocycles. The summed E-state index contributed by atoms with van der Waals surface area (Å²) >= 11 is 0. The summed E-state index contributed by atoms with van der Waals surface area (Å²) in [4.78, 5) is 30.7. The van der Waals surface area contributed by atoms with Crippen molar-refractivity contribution in [2.24, 2.45) is 0 Å². The number of esters is 1. The van der Waals surface area contributed by atoms with Crippen molar-refractivity contribution in [2.75, 3.05) is 0 Å². The molecule has 0 bridgehead atoms. The maximum Gasteiger partial charge on any atom is 0.343 e. The van der Waals surface area contributed by atoms with Crippen LogP contribution >= 0.6 is 0 Å². The van der Waals surface area contributed by atoms with Crippen LogP contribution in [0, 0.1) is 0 Å². The van der Waals surface area contributed by atoms with E-state index < -0.39 is 11.6 Å². The summed E-state index contributed by atoms with van der Waals surface area (Å²) in [6, 6.07) is 7.62. The minimum absolute atomic E-state index is 0.122. The van der Waals surface area contributed by atoms with Crippen LogP contribution in [0.5, 0.6) is 5.75 Å². The number of carbonyl (C=O) groups is 1. The molecule has 0 spiro atoms. The number of ether oxygens (including phenoxy) is 2. The first kappa shape index (κ1) is 21.6. The van der Waals surface area contributed by atoms with Gasteiger partial charge in [0.05, 0.1) is 29.0 Å². The minimum Gasteiger partial charge on any atom is -0.488 e. The second-order valence-corrected chi connectivity index (χ2v) is 9.77. The van der Waals surface area contributed by atoms with Crippen LogP contribution in [0.3, 0.4) is 0 Å². The third-order valence-electron chi connectivity index (χ3n) is 6.55. The van der Waals surface area contributed by atoms with E-state index in [9.17, 15) is 14.7 Å². The van der Waals surface area contributed by atoms with E-state index in [0.717, 1.165) is 39.9 Å². The van der Waals surface area contributed by atoms with Crippen molar-refractivity contribution in [3.05, 3.63) is 56.9 Å². The van der Waals surface area contributed by atoms with Gasteiger partial charge in [-0.3, -0.25) is 4.79 Å². The molecule has 0 amide bonds. The maximum atomic E-state index is 13.4. The molecule has 0 saturated heterocycles. The first-order valence-corrected chi connectivity index (χ1v) is 11.4. The molecule has 1 aromatic carbocycles. The zero-order valence-electron chi connectivity index (χ0n) is 19.6. The Hall–Kier alpha value is -3.19. The van der Waals surface area contributed by atoms with Gasteiger partial charge in [0.2, 0.25) is 0 Å². The number of aliphatic hydroxyl groups is 1. The predicted octanol–water partition coefficient (Wildman–Crippen LogP) is 3.82. The molecule has 33 heavy (non-hydrogen) atoms. The third kappa shape index (κ3) is 3.17. The number of aryl methyl sites for hydroxylation is 1. The van der Waals surface area contributed by atoms with Crippen LogP contribution in [-0.2, 0) is 34.7 Å². The minimum atomic E-state index is -1.82. The lowest BCUT2D eigenvalue weighted by atomic mass is 9.86. The van der Waals surface area contributed by atoms with Gasteiger partial charge in [0.15, 0.2) is 5.60 Å². The number of hydrogen-bond donors (Lipinski definition) is 1. The monoisotopic (exact) mass is 448 g/mol. The molecule has 2 aliphatic heterocycles. The molecule has 2 aliphatic rings. The Morgan fingerprint density at radius 3 is 2.61 bits per heavy atom. The van der Waals surface area contributed by atoms with Crippen molar-refractivity contribution in [3.63, 3.8) is 0 Å². The summed E-state index contributed by atoms with van der Waals surface area (Å²) in [5.74, 6) is 0.0606. The highest BCUT2D eigenvalue weighted by Crippen LogP contribution is 2.40. The van der Waals surface area contributed by atoms with Crippen molar-refractivity contribution in [1.29, 1.82) is 0 Å². The van der Waals surface area contributed by atoms with Crippen molar-refractivity contribution >= 4 is 16.9 Å². The molecule has 1 atom stereocenters. The zero-order chi connectivity index (χ0) is 23.7. The SMILES string of the molecule is CCc1c2c(nc3ccc(OC(C)(C)C)cc13)-c1cc3c(c(=O)n1C2)COC(=O)[C@]3(O)CC. The number of hydrogen-bond acceptors (Lipinski definition) is 6. The average molecular weight is 449 g/mol. The van der Waals surface area contributed by atoms with Gasteiger partial charge < -0.3 is 19.1 Å². The van der Waals surface area contributed by atoms with Crippen molar-refractivity contribution in [3.8, 4) is 17.1 Å². The van der Waals surface area contributed by atoms with Gasteiger partial charge in [0.1, 0.15) is 18.0 Å². The summed E-state index contributed by atoms with van der Waals surface area (Å²) in [5, 5.41) is 12.0. The van der Waals surface area contributed by atoms with Crippen molar-refractivity contribution < 1.29 is 19.4 Å². The lowest BCUT2D eigenvalue weighted by molar-refractivity contribution is -0.172. The Morgan fingerprint density at radius 2 is 1.94 bits per heavy atom. The Labute approximate surface area is 192 Å². The normalized spacial score (nSPS) is 19.2. The molecule has 172 valence electrons. The van der Waals surface area contributed by atoms with Gasteiger partial charge in [-0.15, -0.1) is 0 Å². The van der Waals surface area contributed by atoms with Crippen LogP contribution in [0.4, 0.5) is 0 Å². The van der Waals surface area contributed by atoms with E-state index in [4.69, 9.17) is 14.5 Å². The zero-order valence-corrected chi connectivity index (χ0v) is 19.6. The molecule has 0 fully saturated rings. The van der Waals surface area contributed by atoms with E-state index >= 15 is 0 Å². The smallest absolute Gasteiger partial charge is 0.343 e. The van der Waals surface area contributed by atoms with Gasteiger partial charge in [0, 0.05) is 16.5 Å². The first-order chi connectivity index (χ1) is 15.6. The Bertz CT molecular complexity index is 1380. The number of pyridine rings is 2. The number of benzene rings is 1. The van der Waals surface area contributed by atoms with Crippen LogP contribution in [0.25, 0.3) is 22.3 Å². The average Bonchev–Trinajstić information content (AvgIpc) is 3.12. The summed E-state index contributed by atoms with van der Waals surface area (Å²) in [6.45, 7) is 10.1. The molecule has 0 aliphatic carbocycles. The van der Waals surface area contributed by atoms with Crippen LogP contribution in [-0.4, -0.2) is 26.2 Å². The Kier molecular flexibility index (Phi) is 4.69. The van der Waals surface area contributed by atoms with Crippen molar-refractivity contribution in [1.82, 2.24) is 9.55 Å². The van der Waals surface area contributed by atoms with E-state index in [0.29, 0.717) is 23.4 Å². The van der Waals surface area contributed by atoms with Gasteiger partial charge in [0.25, 0.3) is 5.56 Å². The third-order valence-corrected chi connectivity index (χ3v) is 6.55. The van der Waals surface area contributed by atoms with Crippen LogP contribution in [0.2, 0.25) is 0 Å². The lowest BCUT2D eigenvalue weighted by Gasteiger charge is -2.31. The van der Waals surface area contributed by atoms with Gasteiger partial charge in [-0.2, -0.15) is 0 Å². The second-order valence-electron chi connectivity index (χ2n) is 9.77. The highest BCUT2D eigenvalue weighted by atomic mass is 16.6. The fraction of sp³-hybridized carbons (Fsp3) is 0.423. The van der Waals surface area contributed by atoms with Crippen LogP contribution in [0.1, 0.15) is 63.3 Å². The van der Waals surface area contributed by atoms with E-state index in [-0.39, 0.29) is 24.2 Å². The van der Waals surface area contributed by atoms with Crippen LogP contribution in [0.15, 0.2) is 29.1 Å². The quantitative estimate of drug-likeness (QED) is 0.479. The molecule has 5 rings (SSSR count). The maximum absolute atomic E-state index is 13.4. The number of nitrogens with zero attached hydrogens (tertiary/aromatic N) is 2. The fourth-order valence-corrected chi connectivity index (χ4v) is 4.96. The largest absolute Gasteiger partial charge is 0.488 e. The van der Waals surface area contributed by atoms with Crippen molar-refractivity contribution in [2.45, 2.75) is 71.8 Å². The number of rotatable bonds is 3. The second kappa shape index (κ2) is 7.15.